The summed E-state index contributed by atoms with van der Waals surface area (Å²) in [5, 5.41) is 4.38. The molecule has 2 aliphatic rings. The molecule has 29 heavy (non-hydrogen) atoms. The summed E-state index contributed by atoms with van der Waals surface area (Å²) in [4.78, 5) is 9.49. The minimum absolute atomic E-state index is 0.0551. The zero-order valence-electron chi connectivity index (χ0n) is 17.3. The predicted octanol–water partition coefficient (Wildman–Crippen LogP) is 3.16. The topological polar surface area (TPSA) is 45.6 Å². The molecule has 0 saturated carbocycles. The fraction of sp³-hybridized carbons (Fsp3) is 0.545. The number of rotatable bonds is 7. The Balaban J connectivity index is 1.56. The second-order valence-electron chi connectivity index (χ2n) is 8.06. The third-order valence-corrected chi connectivity index (χ3v) is 6.20. The molecule has 1 N–H and O–H groups in total. The van der Waals surface area contributed by atoms with Gasteiger partial charge in [0.2, 0.25) is 0 Å². The highest BCUT2D eigenvalue weighted by molar-refractivity contribution is 7.80. The van der Waals surface area contributed by atoms with Crippen molar-refractivity contribution < 1.29 is 4.74 Å². The standard InChI is InChI=1S/C22H31N5OS/c1-17(2)26-11-5-8-19(26)21-20(18-7-3-4-9-23-18)24-22(29)27(21)12-6-10-25-13-15-28-16-14-25/h3-5,7-9,11,17,20-21H,6,10,12-16H2,1-2H3,(H,24,29)/t20-,21+/m0/s1. The number of nitrogens with zero attached hydrogens (tertiary/aromatic N) is 4. The van der Waals surface area contributed by atoms with E-state index < -0.39 is 0 Å². The molecule has 2 aromatic rings. The Morgan fingerprint density at radius 1 is 1.17 bits per heavy atom. The van der Waals surface area contributed by atoms with E-state index in [2.05, 4.69) is 62.9 Å². The summed E-state index contributed by atoms with van der Waals surface area (Å²) in [6.07, 6.45) is 5.11. The zero-order chi connectivity index (χ0) is 20.2. The van der Waals surface area contributed by atoms with E-state index in [1.165, 1.54) is 5.69 Å². The van der Waals surface area contributed by atoms with Crippen molar-refractivity contribution in [1.29, 1.82) is 0 Å². The number of aromatic nitrogens is 2. The quantitative estimate of drug-likeness (QED) is 0.704. The lowest BCUT2D eigenvalue weighted by Gasteiger charge is -2.31. The van der Waals surface area contributed by atoms with Gasteiger partial charge in [-0.15, -0.1) is 0 Å². The maximum Gasteiger partial charge on any atom is 0.170 e. The molecule has 4 heterocycles. The van der Waals surface area contributed by atoms with E-state index in [0.29, 0.717) is 6.04 Å². The molecule has 0 radical (unpaired) electrons. The number of pyridine rings is 1. The number of hydrogen-bond acceptors (Lipinski definition) is 4. The van der Waals surface area contributed by atoms with Gasteiger partial charge in [-0.25, -0.2) is 0 Å². The Bertz CT molecular complexity index is 803. The van der Waals surface area contributed by atoms with Crippen molar-refractivity contribution in [3.05, 3.63) is 54.1 Å². The van der Waals surface area contributed by atoms with Gasteiger partial charge in [0.05, 0.1) is 31.0 Å². The van der Waals surface area contributed by atoms with Gasteiger partial charge in [-0.1, -0.05) is 6.07 Å². The van der Waals surface area contributed by atoms with Crippen molar-refractivity contribution in [1.82, 2.24) is 24.7 Å². The van der Waals surface area contributed by atoms with E-state index in [4.69, 9.17) is 17.0 Å². The first-order valence-electron chi connectivity index (χ1n) is 10.6. The Kier molecular flexibility index (Phi) is 6.47. The van der Waals surface area contributed by atoms with Crippen molar-refractivity contribution in [3.8, 4) is 0 Å². The lowest BCUT2D eigenvalue weighted by Crippen LogP contribution is -2.39. The van der Waals surface area contributed by atoms with E-state index in [1.807, 2.05) is 18.3 Å². The Hall–Kier alpha value is -1.96. The number of thiocarbonyl (C=S) groups is 1. The van der Waals surface area contributed by atoms with Crippen molar-refractivity contribution in [2.24, 2.45) is 0 Å². The van der Waals surface area contributed by atoms with Crippen LogP contribution in [0.3, 0.4) is 0 Å². The smallest absolute Gasteiger partial charge is 0.170 e. The Morgan fingerprint density at radius 2 is 2.00 bits per heavy atom. The second kappa shape index (κ2) is 9.24. The second-order valence-corrected chi connectivity index (χ2v) is 8.45. The Labute approximate surface area is 178 Å². The summed E-state index contributed by atoms with van der Waals surface area (Å²) >= 11 is 5.79. The molecule has 4 rings (SSSR count). The molecule has 2 saturated heterocycles. The molecule has 7 heteroatoms. The average molecular weight is 414 g/mol. The molecule has 2 fully saturated rings. The normalized spacial score (nSPS) is 23.0. The minimum atomic E-state index is 0.0551. The number of morpholine rings is 1. The van der Waals surface area contributed by atoms with Crippen LogP contribution >= 0.6 is 12.2 Å². The van der Waals surface area contributed by atoms with Crippen LogP contribution in [0.4, 0.5) is 0 Å². The largest absolute Gasteiger partial charge is 0.379 e. The van der Waals surface area contributed by atoms with Gasteiger partial charge in [-0.2, -0.15) is 0 Å². The molecule has 0 bridgehead atoms. The monoisotopic (exact) mass is 413 g/mol. The number of ether oxygens (including phenoxy) is 1. The average Bonchev–Trinajstić information content (AvgIpc) is 3.34. The minimum Gasteiger partial charge on any atom is -0.379 e. The predicted molar refractivity (Wildman–Crippen MR) is 119 cm³/mol. The SMILES string of the molecule is CC(C)n1cccc1[C@@H]1[C@H](c2ccccn2)NC(=S)N1CCCN1CCOCC1. The molecule has 156 valence electrons. The molecular formula is C22H31N5OS. The molecule has 2 aliphatic heterocycles. The Morgan fingerprint density at radius 3 is 2.72 bits per heavy atom. The lowest BCUT2D eigenvalue weighted by molar-refractivity contribution is 0.0365. The van der Waals surface area contributed by atoms with Crippen molar-refractivity contribution in [3.63, 3.8) is 0 Å². The molecule has 0 unspecified atom stereocenters. The van der Waals surface area contributed by atoms with Gasteiger partial charge in [-0.3, -0.25) is 9.88 Å². The molecule has 2 aromatic heterocycles. The van der Waals surface area contributed by atoms with Crippen LogP contribution in [-0.2, 0) is 4.74 Å². The van der Waals surface area contributed by atoms with Crippen LogP contribution in [0.15, 0.2) is 42.7 Å². The van der Waals surface area contributed by atoms with E-state index >= 15 is 0 Å². The lowest BCUT2D eigenvalue weighted by atomic mass is 10.0. The van der Waals surface area contributed by atoms with Crippen LogP contribution in [0, 0.1) is 0 Å². The first-order chi connectivity index (χ1) is 14.1. The number of nitrogens with one attached hydrogen (secondary N) is 1. The van der Waals surface area contributed by atoms with Crippen molar-refractivity contribution in [2.45, 2.75) is 38.4 Å². The van der Waals surface area contributed by atoms with Gasteiger partial charge in [0.25, 0.3) is 0 Å². The molecule has 0 amide bonds. The van der Waals surface area contributed by atoms with Crippen LogP contribution in [-0.4, -0.2) is 63.9 Å². The van der Waals surface area contributed by atoms with E-state index in [1.54, 1.807) is 0 Å². The summed E-state index contributed by atoms with van der Waals surface area (Å²) in [7, 11) is 0. The molecule has 6 nitrogen and oxygen atoms in total. The summed E-state index contributed by atoms with van der Waals surface area (Å²) in [6, 6.07) is 11.1. The summed E-state index contributed by atoms with van der Waals surface area (Å²) < 4.78 is 7.82. The first-order valence-corrected chi connectivity index (χ1v) is 11.0. The maximum absolute atomic E-state index is 5.79. The summed E-state index contributed by atoms with van der Waals surface area (Å²) in [5.41, 5.74) is 2.32. The van der Waals surface area contributed by atoms with Gasteiger partial charge < -0.3 is 19.5 Å². The highest BCUT2D eigenvalue weighted by atomic mass is 32.1. The van der Waals surface area contributed by atoms with Crippen molar-refractivity contribution >= 4 is 17.3 Å². The fourth-order valence-corrected chi connectivity index (χ4v) is 4.72. The summed E-state index contributed by atoms with van der Waals surface area (Å²) in [5.74, 6) is 0. The maximum atomic E-state index is 5.79. The van der Waals surface area contributed by atoms with Crippen LogP contribution in [0.1, 0.15) is 49.8 Å². The van der Waals surface area contributed by atoms with Crippen LogP contribution in [0.25, 0.3) is 0 Å². The van der Waals surface area contributed by atoms with E-state index in [0.717, 1.165) is 56.6 Å². The fourth-order valence-electron chi connectivity index (χ4n) is 4.39. The van der Waals surface area contributed by atoms with Gasteiger partial charge in [0.1, 0.15) is 0 Å². The van der Waals surface area contributed by atoms with Crippen LogP contribution in [0.2, 0.25) is 0 Å². The first kappa shape index (κ1) is 20.3. The zero-order valence-corrected chi connectivity index (χ0v) is 18.1. The third-order valence-electron chi connectivity index (χ3n) is 5.85. The highest BCUT2D eigenvalue weighted by Gasteiger charge is 2.41. The van der Waals surface area contributed by atoms with Gasteiger partial charge in [0, 0.05) is 50.3 Å². The summed E-state index contributed by atoms with van der Waals surface area (Å²) in [6.45, 7) is 10.2. The van der Waals surface area contributed by atoms with Crippen molar-refractivity contribution in [2.75, 3.05) is 39.4 Å². The van der Waals surface area contributed by atoms with Gasteiger partial charge in [-0.05, 0) is 56.8 Å². The van der Waals surface area contributed by atoms with E-state index in [-0.39, 0.29) is 12.1 Å². The molecule has 2 atom stereocenters. The van der Waals surface area contributed by atoms with Gasteiger partial charge in [0.15, 0.2) is 5.11 Å². The van der Waals surface area contributed by atoms with E-state index in [9.17, 15) is 0 Å². The molecule has 0 spiro atoms. The molecular weight excluding hydrogens is 382 g/mol. The van der Waals surface area contributed by atoms with Crippen LogP contribution in [0.5, 0.6) is 0 Å². The van der Waals surface area contributed by atoms with Crippen LogP contribution < -0.4 is 5.32 Å². The molecule has 0 aromatic carbocycles. The highest BCUT2D eigenvalue weighted by Crippen LogP contribution is 2.39. The van der Waals surface area contributed by atoms with Gasteiger partial charge >= 0.3 is 0 Å². The molecule has 0 aliphatic carbocycles. The third kappa shape index (κ3) is 4.47. The number of hydrogen-bond donors (Lipinski definition) is 1.